The fourth-order valence-electron chi connectivity index (χ4n) is 2.73. The molecule has 0 spiro atoms. The molecule has 0 aromatic heterocycles. The number of esters is 1. The summed E-state index contributed by atoms with van der Waals surface area (Å²) in [7, 11) is -4.55. The fourth-order valence-corrected chi connectivity index (χ4v) is 3.39. The van der Waals surface area contributed by atoms with Crippen LogP contribution in [-0.2, 0) is 19.6 Å². The van der Waals surface area contributed by atoms with Crippen molar-refractivity contribution in [3.05, 3.63) is 64.7 Å². The number of carbonyl (C=O) groups is 1. The van der Waals surface area contributed by atoms with Gasteiger partial charge in [-0.25, -0.2) is 27.1 Å². The first-order valence-corrected chi connectivity index (χ1v) is 8.72. The molecule has 0 atom stereocenters. The maximum atomic E-state index is 14.1. The minimum absolute atomic E-state index is 0.0183. The molecule has 0 bridgehead atoms. The summed E-state index contributed by atoms with van der Waals surface area (Å²) in [6, 6.07) is 8.66. The molecule has 0 saturated heterocycles. The number of hydrogen-bond donors (Lipinski definition) is 1. The Kier molecular flexibility index (Phi) is 4.18. The average molecular weight is 365 g/mol. The molecule has 0 unspecified atom stereocenters. The second kappa shape index (κ2) is 6.05. The minimum Gasteiger partial charge on any atom is -0.457 e. The van der Waals surface area contributed by atoms with Gasteiger partial charge in [0.05, 0.1) is 5.57 Å². The first-order chi connectivity index (χ1) is 11.7. The van der Waals surface area contributed by atoms with E-state index in [1.807, 2.05) is 13.0 Å². The summed E-state index contributed by atoms with van der Waals surface area (Å²) in [5.41, 5.74) is 1.92. The van der Waals surface area contributed by atoms with Crippen LogP contribution < -0.4 is 5.14 Å². The van der Waals surface area contributed by atoms with Gasteiger partial charge < -0.3 is 4.74 Å². The molecule has 3 rings (SSSR count). The van der Waals surface area contributed by atoms with Crippen molar-refractivity contribution in [2.75, 3.05) is 6.61 Å². The van der Waals surface area contributed by atoms with Crippen molar-refractivity contribution in [2.24, 2.45) is 5.14 Å². The molecule has 2 aromatic rings. The van der Waals surface area contributed by atoms with Gasteiger partial charge in [0.1, 0.15) is 18.2 Å². The van der Waals surface area contributed by atoms with Crippen molar-refractivity contribution in [1.29, 1.82) is 0 Å². The molecule has 0 saturated carbocycles. The molecule has 8 heteroatoms. The second-order valence-electron chi connectivity index (χ2n) is 5.61. The Bertz CT molecular complexity index is 1010. The summed E-state index contributed by atoms with van der Waals surface area (Å²) in [5.74, 6) is -3.27. The third-order valence-corrected chi connectivity index (χ3v) is 4.75. The Morgan fingerprint density at radius 1 is 1.08 bits per heavy atom. The number of carbonyl (C=O) groups excluding carboxylic acids is 1. The highest BCUT2D eigenvalue weighted by Gasteiger charge is 2.29. The highest BCUT2D eigenvalue weighted by molar-refractivity contribution is 7.89. The summed E-state index contributed by atoms with van der Waals surface area (Å²) in [6.07, 6.45) is 0. The standard InChI is InChI=1S/C17H13F2NO4S/c1-9-3-2-4-10(5-9)15-12(8-24-17(15)21)11-6-13(18)16(14(19)7-11)25(20,22)23/h2-7H,8H2,1H3,(H2,20,22,23). The van der Waals surface area contributed by atoms with E-state index in [-0.39, 0.29) is 23.3 Å². The van der Waals surface area contributed by atoms with Crippen LogP contribution in [0.15, 0.2) is 41.3 Å². The molecule has 1 heterocycles. The van der Waals surface area contributed by atoms with Crippen LogP contribution in [0.2, 0.25) is 0 Å². The van der Waals surface area contributed by atoms with Gasteiger partial charge in [-0.05, 0) is 30.2 Å². The normalized spacial score (nSPS) is 14.8. The first kappa shape index (κ1) is 17.2. The summed E-state index contributed by atoms with van der Waals surface area (Å²) in [4.78, 5) is 10.9. The van der Waals surface area contributed by atoms with Crippen LogP contribution in [0.25, 0.3) is 11.1 Å². The summed E-state index contributed by atoms with van der Waals surface area (Å²) < 4.78 is 55.8. The van der Waals surface area contributed by atoms with Gasteiger partial charge in [0.2, 0.25) is 10.0 Å². The predicted octanol–water partition coefficient (Wildman–Crippen LogP) is 2.39. The molecule has 2 N–H and O–H groups in total. The number of cyclic esters (lactones) is 1. The van der Waals surface area contributed by atoms with E-state index >= 15 is 0 Å². The Balaban J connectivity index is 2.22. The number of rotatable bonds is 3. The molecule has 5 nitrogen and oxygen atoms in total. The second-order valence-corrected chi connectivity index (χ2v) is 7.11. The summed E-state index contributed by atoms with van der Waals surface area (Å²) in [5, 5.41) is 4.82. The highest BCUT2D eigenvalue weighted by Crippen LogP contribution is 2.34. The Hall–Kier alpha value is -2.58. The zero-order chi connectivity index (χ0) is 18.4. The molecule has 0 fully saturated rings. The van der Waals surface area contributed by atoms with Crippen LogP contribution in [-0.4, -0.2) is 21.0 Å². The van der Waals surface area contributed by atoms with Crippen LogP contribution >= 0.6 is 0 Å². The van der Waals surface area contributed by atoms with E-state index in [9.17, 15) is 22.0 Å². The van der Waals surface area contributed by atoms with Gasteiger partial charge in [0.25, 0.3) is 0 Å². The summed E-state index contributed by atoms with van der Waals surface area (Å²) >= 11 is 0. The minimum atomic E-state index is -4.55. The number of hydrogen-bond acceptors (Lipinski definition) is 4. The summed E-state index contributed by atoms with van der Waals surface area (Å²) in [6.45, 7) is 1.67. The number of aryl methyl sites for hydroxylation is 1. The van der Waals surface area contributed by atoms with Crippen molar-refractivity contribution in [2.45, 2.75) is 11.8 Å². The number of sulfonamides is 1. The van der Waals surface area contributed by atoms with E-state index < -0.39 is 32.5 Å². The number of nitrogens with two attached hydrogens (primary N) is 1. The van der Waals surface area contributed by atoms with E-state index in [2.05, 4.69) is 0 Å². The van der Waals surface area contributed by atoms with Crippen LogP contribution in [0.3, 0.4) is 0 Å². The topological polar surface area (TPSA) is 86.5 Å². The third-order valence-electron chi connectivity index (χ3n) is 3.79. The van der Waals surface area contributed by atoms with Gasteiger partial charge in [-0.1, -0.05) is 29.8 Å². The number of ether oxygens (including phenoxy) is 1. The zero-order valence-corrected chi connectivity index (χ0v) is 13.9. The van der Waals surface area contributed by atoms with Crippen molar-refractivity contribution >= 4 is 27.1 Å². The Labute approximate surface area is 142 Å². The first-order valence-electron chi connectivity index (χ1n) is 7.18. The zero-order valence-electron chi connectivity index (χ0n) is 13.0. The van der Waals surface area contributed by atoms with Crippen LogP contribution in [0.1, 0.15) is 16.7 Å². The van der Waals surface area contributed by atoms with E-state index in [4.69, 9.17) is 9.88 Å². The Morgan fingerprint density at radius 2 is 1.72 bits per heavy atom. The van der Waals surface area contributed by atoms with Gasteiger partial charge >= 0.3 is 5.97 Å². The maximum Gasteiger partial charge on any atom is 0.339 e. The van der Waals surface area contributed by atoms with E-state index in [0.717, 1.165) is 17.7 Å². The van der Waals surface area contributed by atoms with E-state index in [0.29, 0.717) is 5.56 Å². The molecule has 0 radical (unpaired) electrons. The third kappa shape index (κ3) is 3.18. The molecule has 1 aliphatic heterocycles. The fraction of sp³-hybridized carbons (Fsp3) is 0.118. The molecule has 1 aliphatic rings. The van der Waals surface area contributed by atoms with Gasteiger partial charge in [-0.3, -0.25) is 0 Å². The van der Waals surface area contributed by atoms with Gasteiger partial charge in [0, 0.05) is 5.57 Å². The number of benzene rings is 2. The maximum absolute atomic E-state index is 14.1. The monoisotopic (exact) mass is 365 g/mol. The molecule has 2 aromatic carbocycles. The largest absolute Gasteiger partial charge is 0.457 e. The SMILES string of the molecule is Cc1cccc(C2=C(c3cc(F)c(S(N)(=O)=O)c(F)c3)COC2=O)c1. The van der Waals surface area contributed by atoms with Crippen molar-refractivity contribution < 1.29 is 26.7 Å². The van der Waals surface area contributed by atoms with Gasteiger partial charge in [0.15, 0.2) is 4.90 Å². The van der Waals surface area contributed by atoms with E-state index in [1.54, 1.807) is 18.2 Å². The lowest BCUT2D eigenvalue weighted by Crippen LogP contribution is -2.16. The number of halogens is 2. The van der Waals surface area contributed by atoms with Crippen LogP contribution in [0.4, 0.5) is 8.78 Å². The number of primary sulfonamides is 1. The Morgan fingerprint density at radius 3 is 2.28 bits per heavy atom. The molecule has 130 valence electrons. The van der Waals surface area contributed by atoms with E-state index in [1.165, 1.54) is 0 Å². The lowest BCUT2D eigenvalue weighted by atomic mass is 9.95. The average Bonchev–Trinajstić information content (AvgIpc) is 2.86. The van der Waals surface area contributed by atoms with Crippen molar-refractivity contribution in [3.8, 4) is 0 Å². The molecule has 0 aliphatic carbocycles. The molecular formula is C17H13F2NO4S. The highest BCUT2D eigenvalue weighted by atomic mass is 32.2. The molecule has 25 heavy (non-hydrogen) atoms. The van der Waals surface area contributed by atoms with Crippen LogP contribution in [0, 0.1) is 18.6 Å². The quantitative estimate of drug-likeness (QED) is 0.846. The predicted molar refractivity (Wildman–Crippen MR) is 86.7 cm³/mol. The van der Waals surface area contributed by atoms with Crippen molar-refractivity contribution in [1.82, 2.24) is 0 Å². The van der Waals surface area contributed by atoms with Gasteiger partial charge in [-0.15, -0.1) is 0 Å². The van der Waals surface area contributed by atoms with Crippen LogP contribution in [0.5, 0.6) is 0 Å². The smallest absolute Gasteiger partial charge is 0.339 e. The lowest BCUT2D eigenvalue weighted by molar-refractivity contribution is -0.133. The van der Waals surface area contributed by atoms with Gasteiger partial charge in [-0.2, -0.15) is 0 Å². The van der Waals surface area contributed by atoms with Crippen molar-refractivity contribution in [3.63, 3.8) is 0 Å². The lowest BCUT2D eigenvalue weighted by Gasteiger charge is -2.08. The molecular weight excluding hydrogens is 352 g/mol. The molecule has 0 amide bonds.